The van der Waals surface area contributed by atoms with Crippen LogP contribution in [0.25, 0.3) is 0 Å². The fourth-order valence-corrected chi connectivity index (χ4v) is 4.25. The average Bonchev–Trinajstić information content (AvgIpc) is 3.07. The maximum absolute atomic E-state index is 12.3. The van der Waals surface area contributed by atoms with E-state index in [9.17, 15) is 8.42 Å². The number of nitrogens with zero attached hydrogens (tertiary/aromatic N) is 1. The van der Waals surface area contributed by atoms with Crippen LogP contribution in [0.15, 0.2) is 11.4 Å². The summed E-state index contributed by atoms with van der Waals surface area (Å²) in [5.74, 6) is 5.44. The molecule has 1 atom stereocenters. The summed E-state index contributed by atoms with van der Waals surface area (Å²) in [6.07, 6.45) is 1.57. The fraction of sp³-hybridized carbons (Fsp3) is 0.571. The summed E-state index contributed by atoms with van der Waals surface area (Å²) >= 11 is 1.44. The monoisotopic (exact) mass is 329 g/mol. The first-order valence-electron chi connectivity index (χ1n) is 6.74. The number of thiophene rings is 1. The summed E-state index contributed by atoms with van der Waals surface area (Å²) in [5.41, 5.74) is 0.903. The van der Waals surface area contributed by atoms with E-state index < -0.39 is 10.0 Å². The molecular formula is C14H19NO4S2. The fourth-order valence-electron chi connectivity index (χ4n) is 2.14. The quantitative estimate of drug-likeness (QED) is 0.820. The van der Waals surface area contributed by atoms with Crippen molar-refractivity contribution in [1.29, 1.82) is 0 Å². The Morgan fingerprint density at radius 2 is 2.38 bits per heavy atom. The van der Waals surface area contributed by atoms with E-state index >= 15 is 0 Å². The minimum absolute atomic E-state index is 0.0464. The lowest BCUT2D eigenvalue weighted by atomic mass is 10.3. The molecule has 116 valence electrons. The maximum Gasteiger partial charge on any atom is 0.216 e. The Kier molecular flexibility index (Phi) is 5.79. The van der Waals surface area contributed by atoms with Crippen LogP contribution >= 0.6 is 11.3 Å². The summed E-state index contributed by atoms with van der Waals surface area (Å²) < 4.78 is 31.3. The second kappa shape index (κ2) is 7.38. The second-order valence-corrected chi connectivity index (χ2v) is 7.98. The zero-order chi connectivity index (χ0) is 15.3. The summed E-state index contributed by atoms with van der Waals surface area (Å²) in [5, 5.41) is 10.5. The molecule has 0 spiro atoms. The van der Waals surface area contributed by atoms with Crippen molar-refractivity contribution in [3.8, 4) is 11.8 Å². The highest BCUT2D eigenvalue weighted by atomic mass is 32.2. The van der Waals surface area contributed by atoms with Gasteiger partial charge in [-0.1, -0.05) is 11.8 Å². The van der Waals surface area contributed by atoms with Gasteiger partial charge in [0.15, 0.2) is 0 Å². The van der Waals surface area contributed by atoms with Crippen molar-refractivity contribution in [3.05, 3.63) is 21.9 Å². The standard InChI is InChI=1S/C14H19NO4S2/c1-15(21(17,18)11-13-4-3-7-19-13)9-12-8-14(20-10-12)5-2-6-16/h8,10,13,16H,3-4,6-7,9,11H2,1H3. The molecule has 0 aromatic carbocycles. The number of hydrogen-bond acceptors (Lipinski definition) is 5. The highest BCUT2D eigenvalue weighted by molar-refractivity contribution is 7.89. The SMILES string of the molecule is CN(Cc1csc(C#CCO)c1)S(=O)(=O)CC1CCCO1. The van der Waals surface area contributed by atoms with Crippen molar-refractivity contribution in [2.24, 2.45) is 0 Å². The number of aliphatic hydroxyl groups is 1. The van der Waals surface area contributed by atoms with Gasteiger partial charge >= 0.3 is 0 Å². The van der Waals surface area contributed by atoms with E-state index in [4.69, 9.17) is 9.84 Å². The molecule has 1 aliphatic heterocycles. The molecule has 0 aliphatic carbocycles. The van der Waals surface area contributed by atoms with Crippen LogP contribution in [0.2, 0.25) is 0 Å². The Hall–Kier alpha value is -0.910. The first kappa shape index (κ1) is 16.5. The molecule has 1 fully saturated rings. The van der Waals surface area contributed by atoms with Gasteiger partial charge in [0, 0.05) is 20.2 Å². The highest BCUT2D eigenvalue weighted by Gasteiger charge is 2.26. The Morgan fingerprint density at radius 3 is 3.05 bits per heavy atom. The lowest BCUT2D eigenvalue weighted by molar-refractivity contribution is 0.126. The lowest BCUT2D eigenvalue weighted by Gasteiger charge is -2.18. The Morgan fingerprint density at radius 1 is 1.57 bits per heavy atom. The number of aliphatic hydroxyl groups excluding tert-OH is 1. The van der Waals surface area contributed by atoms with Gasteiger partial charge in [0.25, 0.3) is 0 Å². The van der Waals surface area contributed by atoms with Gasteiger partial charge in [-0.25, -0.2) is 12.7 Å². The average molecular weight is 329 g/mol. The van der Waals surface area contributed by atoms with Gasteiger partial charge < -0.3 is 9.84 Å². The van der Waals surface area contributed by atoms with Crippen molar-refractivity contribution in [2.45, 2.75) is 25.5 Å². The predicted molar refractivity (Wildman–Crippen MR) is 82.5 cm³/mol. The first-order valence-corrected chi connectivity index (χ1v) is 9.23. The molecule has 7 heteroatoms. The third-order valence-electron chi connectivity index (χ3n) is 3.25. The van der Waals surface area contributed by atoms with Crippen LogP contribution in [0, 0.1) is 11.8 Å². The molecule has 2 heterocycles. The van der Waals surface area contributed by atoms with Crippen LogP contribution in [0.4, 0.5) is 0 Å². The summed E-state index contributed by atoms with van der Waals surface area (Å²) in [6.45, 7) is 0.802. The van der Waals surface area contributed by atoms with Crippen LogP contribution in [0.5, 0.6) is 0 Å². The van der Waals surface area contributed by atoms with Crippen LogP contribution in [-0.2, 0) is 21.3 Å². The molecule has 1 aromatic rings. The lowest BCUT2D eigenvalue weighted by Crippen LogP contribution is -2.33. The van der Waals surface area contributed by atoms with Crippen LogP contribution in [0.3, 0.4) is 0 Å². The number of sulfonamides is 1. The molecule has 0 bridgehead atoms. The zero-order valence-electron chi connectivity index (χ0n) is 11.9. The third-order valence-corrected chi connectivity index (χ3v) is 6.01. The number of hydrogen-bond donors (Lipinski definition) is 1. The molecule has 0 saturated carbocycles. The van der Waals surface area contributed by atoms with Crippen molar-refractivity contribution >= 4 is 21.4 Å². The Balaban J connectivity index is 1.96. The largest absolute Gasteiger partial charge is 0.384 e. The molecule has 1 saturated heterocycles. The van der Waals surface area contributed by atoms with Gasteiger partial charge in [-0.3, -0.25) is 0 Å². The van der Waals surface area contributed by atoms with E-state index in [2.05, 4.69) is 11.8 Å². The van der Waals surface area contributed by atoms with Gasteiger partial charge in [0.05, 0.1) is 16.7 Å². The molecular weight excluding hydrogens is 310 g/mol. The first-order chi connectivity index (χ1) is 10.0. The van der Waals surface area contributed by atoms with E-state index in [-0.39, 0.29) is 18.5 Å². The Labute approximate surface area is 129 Å². The minimum Gasteiger partial charge on any atom is -0.384 e. The summed E-state index contributed by atoms with van der Waals surface area (Å²) in [6, 6.07) is 1.85. The molecule has 5 nitrogen and oxygen atoms in total. The highest BCUT2D eigenvalue weighted by Crippen LogP contribution is 2.19. The van der Waals surface area contributed by atoms with Crippen molar-refractivity contribution in [2.75, 3.05) is 26.0 Å². The maximum atomic E-state index is 12.3. The molecule has 1 unspecified atom stereocenters. The van der Waals surface area contributed by atoms with Gasteiger partial charge in [-0.05, 0) is 29.9 Å². The van der Waals surface area contributed by atoms with E-state index in [0.717, 1.165) is 23.3 Å². The van der Waals surface area contributed by atoms with Gasteiger partial charge in [-0.15, -0.1) is 11.3 Å². The Bertz CT molecular complexity index is 621. The molecule has 2 rings (SSSR count). The van der Waals surface area contributed by atoms with Gasteiger partial charge in [0.1, 0.15) is 6.61 Å². The topological polar surface area (TPSA) is 66.8 Å². The molecule has 1 N–H and O–H groups in total. The number of rotatable bonds is 5. The summed E-state index contributed by atoms with van der Waals surface area (Å²) in [7, 11) is -1.73. The summed E-state index contributed by atoms with van der Waals surface area (Å²) in [4.78, 5) is 0.823. The smallest absolute Gasteiger partial charge is 0.216 e. The second-order valence-electron chi connectivity index (χ2n) is 4.95. The van der Waals surface area contributed by atoms with E-state index in [1.807, 2.05) is 11.4 Å². The van der Waals surface area contributed by atoms with Crippen molar-refractivity contribution in [1.82, 2.24) is 4.31 Å². The molecule has 0 amide bonds. The van der Waals surface area contributed by atoms with Gasteiger partial charge in [0.2, 0.25) is 10.0 Å². The minimum atomic E-state index is -3.31. The zero-order valence-corrected chi connectivity index (χ0v) is 13.5. The van der Waals surface area contributed by atoms with Gasteiger partial charge in [-0.2, -0.15) is 0 Å². The molecule has 1 aliphatic rings. The van der Waals surface area contributed by atoms with Crippen LogP contribution in [0.1, 0.15) is 23.3 Å². The number of ether oxygens (including phenoxy) is 1. The molecule has 1 aromatic heterocycles. The van der Waals surface area contributed by atoms with Crippen LogP contribution < -0.4 is 0 Å². The third kappa shape index (κ3) is 4.80. The molecule has 21 heavy (non-hydrogen) atoms. The van der Waals surface area contributed by atoms with Crippen molar-refractivity contribution < 1.29 is 18.3 Å². The normalized spacial score (nSPS) is 18.7. The molecule has 0 radical (unpaired) electrons. The van der Waals surface area contributed by atoms with E-state index in [1.54, 1.807) is 7.05 Å². The van der Waals surface area contributed by atoms with Crippen LogP contribution in [-0.4, -0.2) is 49.9 Å². The van der Waals surface area contributed by atoms with E-state index in [1.165, 1.54) is 15.6 Å². The van der Waals surface area contributed by atoms with E-state index in [0.29, 0.717) is 13.2 Å². The van der Waals surface area contributed by atoms with Crippen molar-refractivity contribution in [3.63, 3.8) is 0 Å². The predicted octanol–water partition coefficient (Wildman–Crippen LogP) is 1.03.